The summed E-state index contributed by atoms with van der Waals surface area (Å²) in [5.41, 5.74) is -0.0444. The quantitative estimate of drug-likeness (QED) is 0.786. The number of likely N-dealkylation sites (tertiary alicyclic amines) is 1. The van der Waals surface area contributed by atoms with E-state index in [0.29, 0.717) is 31.5 Å². The van der Waals surface area contributed by atoms with Gasteiger partial charge in [0.05, 0.1) is 6.61 Å². The van der Waals surface area contributed by atoms with E-state index in [-0.39, 0.29) is 18.2 Å². The monoisotopic (exact) mass is 299 g/mol. The van der Waals surface area contributed by atoms with Crippen LogP contribution in [0.15, 0.2) is 0 Å². The molecule has 0 aromatic carbocycles. The summed E-state index contributed by atoms with van der Waals surface area (Å²) in [6.07, 6.45) is 1.29. The third kappa shape index (κ3) is 5.47. The van der Waals surface area contributed by atoms with Crippen LogP contribution in [0.1, 0.15) is 41.0 Å². The van der Waals surface area contributed by atoms with E-state index in [0.717, 1.165) is 13.1 Å². The molecule has 5 heteroatoms. The number of nitrogens with zero attached hydrogens (tertiary/aromatic N) is 2. The number of urea groups is 1. The number of amides is 2. The van der Waals surface area contributed by atoms with Gasteiger partial charge in [0.2, 0.25) is 0 Å². The number of nitrogens with one attached hydrogen (secondary N) is 1. The van der Waals surface area contributed by atoms with Gasteiger partial charge in [0.1, 0.15) is 0 Å². The predicted molar refractivity (Wildman–Crippen MR) is 86.3 cm³/mol. The lowest BCUT2D eigenvalue weighted by molar-refractivity contribution is 0.0463. The van der Waals surface area contributed by atoms with Crippen molar-refractivity contribution in [3.63, 3.8) is 0 Å². The Bertz CT molecular complexity index is 323. The van der Waals surface area contributed by atoms with Crippen LogP contribution in [-0.2, 0) is 0 Å². The third-order valence-corrected chi connectivity index (χ3v) is 4.44. The zero-order chi connectivity index (χ0) is 16.0. The van der Waals surface area contributed by atoms with E-state index in [1.807, 2.05) is 6.92 Å². The molecule has 2 N–H and O–H groups in total. The summed E-state index contributed by atoms with van der Waals surface area (Å²) in [5.74, 6) is 1.43. The van der Waals surface area contributed by atoms with Crippen molar-refractivity contribution >= 4 is 6.03 Å². The first kappa shape index (κ1) is 18.2. The van der Waals surface area contributed by atoms with Gasteiger partial charge in [-0.2, -0.15) is 0 Å². The summed E-state index contributed by atoms with van der Waals surface area (Å²) in [7, 11) is 0. The van der Waals surface area contributed by atoms with Crippen LogP contribution in [0.4, 0.5) is 4.79 Å². The van der Waals surface area contributed by atoms with Gasteiger partial charge in [-0.3, -0.25) is 4.90 Å². The normalized spacial score (nSPS) is 23.9. The maximum absolute atomic E-state index is 12.1. The lowest BCUT2D eigenvalue weighted by Gasteiger charge is -2.45. The van der Waals surface area contributed by atoms with Crippen LogP contribution in [0.2, 0.25) is 0 Å². The summed E-state index contributed by atoms with van der Waals surface area (Å²) in [4.78, 5) is 16.2. The second kappa shape index (κ2) is 7.99. The molecule has 1 heterocycles. The Morgan fingerprint density at radius 3 is 2.38 bits per heavy atom. The third-order valence-electron chi connectivity index (χ3n) is 4.44. The number of carbonyl (C=O) groups is 1. The van der Waals surface area contributed by atoms with Crippen LogP contribution in [-0.4, -0.2) is 65.8 Å². The fourth-order valence-electron chi connectivity index (χ4n) is 3.20. The zero-order valence-electron chi connectivity index (χ0n) is 14.4. The van der Waals surface area contributed by atoms with E-state index in [1.165, 1.54) is 6.42 Å². The molecule has 5 nitrogen and oxygen atoms in total. The predicted octanol–water partition coefficient (Wildman–Crippen LogP) is 1.77. The van der Waals surface area contributed by atoms with Crippen molar-refractivity contribution < 1.29 is 9.90 Å². The highest BCUT2D eigenvalue weighted by Gasteiger charge is 2.33. The van der Waals surface area contributed by atoms with Crippen LogP contribution < -0.4 is 5.32 Å². The first-order chi connectivity index (χ1) is 9.80. The van der Waals surface area contributed by atoms with E-state index < -0.39 is 0 Å². The molecule has 2 amide bonds. The van der Waals surface area contributed by atoms with Crippen molar-refractivity contribution in [2.75, 3.05) is 39.3 Å². The summed E-state index contributed by atoms with van der Waals surface area (Å²) in [6.45, 7) is 14.8. The Balaban J connectivity index is 2.53. The van der Waals surface area contributed by atoms with E-state index >= 15 is 0 Å². The number of hydrogen-bond donors (Lipinski definition) is 2. The van der Waals surface area contributed by atoms with E-state index in [2.05, 4.69) is 37.9 Å². The Labute approximate surface area is 129 Å². The fourth-order valence-corrected chi connectivity index (χ4v) is 3.20. The maximum atomic E-state index is 12.1. The van der Waals surface area contributed by atoms with Crippen molar-refractivity contribution in [3.05, 3.63) is 0 Å². The first-order valence-corrected chi connectivity index (χ1v) is 8.18. The molecular formula is C16H33N3O2. The molecule has 0 bridgehead atoms. The average molecular weight is 299 g/mol. The highest BCUT2D eigenvalue weighted by molar-refractivity contribution is 5.74. The molecule has 0 aromatic rings. The maximum Gasteiger partial charge on any atom is 0.317 e. The molecule has 2 unspecified atom stereocenters. The van der Waals surface area contributed by atoms with E-state index in [1.54, 1.807) is 4.90 Å². The number of piperidine rings is 1. The zero-order valence-corrected chi connectivity index (χ0v) is 14.4. The molecule has 2 atom stereocenters. The van der Waals surface area contributed by atoms with Gasteiger partial charge in [-0.1, -0.05) is 13.8 Å². The number of hydrogen-bond acceptors (Lipinski definition) is 3. The molecule has 124 valence electrons. The van der Waals surface area contributed by atoms with Gasteiger partial charge in [-0.15, -0.1) is 0 Å². The molecule has 1 fully saturated rings. The highest BCUT2D eigenvalue weighted by Crippen LogP contribution is 2.26. The lowest BCUT2D eigenvalue weighted by atomic mass is 9.88. The summed E-state index contributed by atoms with van der Waals surface area (Å²) in [5, 5.41) is 12.0. The SMILES string of the molecule is CCN(CCO)C(=O)NCC(C)(C)N1CC(C)CC(C)C1. The van der Waals surface area contributed by atoms with Crippen LogP contribution in [0, 0.1) is 11.8 Å². The minimum atomic E-state index is -0.0854. The van der Waals surface area contributed by atoms with Crippen LogP contribution in [0.5, 0.6) is 0 Å². The number of aliphatic hydroxyl groups excluding tert-OH is 1. The molecule has 0 spiro atoms. The van der Waals surface area contributed by atoms with Gasteiger partial charge < -0.3 is 15.3 Å². The highest BCUT2D eigenvalue weighted by atomic mass is 16.3. The number of likely N-dealkylation sites (N-methyl/N-ethyl adjacent to an activating group) is 1. The van der Waals surface area contributed by atoms with Crippen molar-refractivity contribution in [2.45, 2.75) is 46.6 Å². The fraction of sp³-hybridized carbons (Fsp3) is 0.938. The minimum Gasteiger partial charge on any atom is -0.395 e. The number of rotatable bonds is 6. The average Bonchev–Trinajstić information content (AvgIpc) is 2.41. The summed E-state index contributed by atoms with van der Waals surface area (Å²) >= 11 is 0. The van der Waals surface area contributed by atoms with E-state index in [4.69, 9.17) is 5.11 Å². The molecular weight excluding hydrogens is 266 g/mol. The van der Waals surface area contributed by atoms with Gasteiger partial charge in [0.15, 0.2) is 0 Å². The molecule has 1 aliphatic rings. The molecule has 0 radical (unpaired) electrons. The Morgan fingerprint density at radius 1 is 1.33 bits per heavy atom. The number of aliphatic hydroxyl groups is 1. The van der Waals surface area contributed by atoms with Gasteiger partial charge in [0.25, 0.3) is 0 Å². The molecule has 1 aliphatic heterocycles. The largest absolute Gasteiger partial charge is 0.395 e. The van der Waals surface area contributed by atoms with Gasteiger partial charge in [0, 0.05) is 38.3 Å². The van der Waals surface area contributed by atoms with Crippen LogP contribution in [0.25, 0.3) is 0 Å². The first-order valence-electron chi connectivity index (χ1n) is 8.18. The smallest absolute Gasteiger partial charge is 0.317 e. The van der Waals surface area contributed by atoms with Gasteiger partial charge in [-0.05, 0) is 39.0 Å². The Morgan fingerprint density at radius 2 is 1.90 bits per heavy atom. The molecule has 0 saturated carbocycles. The molecule has 0 aliphatic carbocycles. The summed E-state index contributed by atoms with van der Waals surface area (Å²) < 4.78 is 0. The van der Waals surface area contributed by atoms with Crippen molar-refractivity contribution in [1.82, 2.24) is 15.1 Å². The Hall–Kier alpha value is -0.810. The van der Waals surface area contributed by atoms with Crippen molar-refractivity contribution in [2.24, 2.45) is 11.8 Å². The number of carbonyl (C=O) groups excluding carboxylic acids is 1. The van der Waals surface area contributed by atoms with Crippen molar-refractivity contribution in [3.8, 4) is 0 Å². The second-order valence-corrected chi connectivity index (χ2v) is 7.13. The molecule has 0 aromatic heterocycles. The molecule has 1 saturated heterocycles. The topological polar surface area (TPSA) is 55.8 Å². The second-order valence-electron chi connectivity index (χ2n) is 7.13. The minimum absolute atomic E-state index is 0.00576. The molecule has 21 heavy (non-hydrogen) atoms. The molecule has 1 rings (SSSR count). The lowest BCUT2D eigenvalue weighted by Crippen LogP contribution is -2.57. The van der Waals surface area contributed by atoms with Crippen LogP contribution >= 0.6 is 0 Å². The van der Waals surface area contributed by atoms with Gasteiger partial charge >= 0.3 is 6.03 Å². The van der Waals surface area contributed by atoms with Crippen molar-refractivity contribution in [1.29, 1.82) is 0 Å². The van der Waals surface area contributed by atoms with Crippen LogP contribution in [0.3, 0.4) is 0 Å². The Kier molecular flexibility index (Phi) is 6.94. The van der Waals surface area contributed by atoms with Gasteiger partial charge in [-0.25, -0.2) is 4.79 Å². The standard InChI is InChI=1S/C16H33N3O2/c1-6-18(7-8-20)15(21)17-12-16(4,5)19-10-13(2)9-14(3)11-19/h13-14,20H,6-12H2,1-5H3,(H,17,21). The van der Waals surface area contributed by atoms with E-state index in [9.17, 15) is 4.79 Å². The summed E-state index contributed by atoms with van der Waals surface area (Å²) in [6, 6.07) is -0.0854.